The van der Waals surface area contributed by atoms with Gasteiger partial charge in [-0.25, -0.2) is 0 Å². The van der Waals surface area contributed by atoms with Gasteiger partial charge >= 0.3 is 0 Å². The van der Waals surface area contributed by atoms with Gasteiger partial charge in [-0.05, 0) is 0 Å². The second kappa shape index (κ2) is 6.54. The molecule has 1 atom stereocenters. The summed E-state index contributed by atoms with van der Waals surface area (Å²) in [6, 6.07) is 12.3. The lowest BCUT2D eigenvalue weighted by atomic mass is 10.4. The van der Waals surface area contributed by atoms with Gasteiger partial charge in [0.15, 0.2) is 6.40 Å². The van der Waals surface area contributed by atoms with Gasteiger partial charge in [0.25, 0.3) is 0 Å². The average Bonchev–Trinajstić information content (AvgIpc) is 2.74. The summed E-state index contributed by atoms with van der Waals surface area (Å²) in [5.41, 5.74) is 0. The molecule has 1 unspecified atom stereocenters. The molecule has 0 amide bonds. The SMILES string of the molecule is SCC1COC=N1.c1ccccc1. The van der Waals surface area contributed by atoms with Gasteiger partial charge < -0.3 is 4.74 Å². The molecule has 0 aromatic heterocycles. The third kappa shape index (κ3) is 4.58. The summed E-state index contributed by atoms with van der Waals surface area (Å²) in [5.74, 6) is 0.788. The fourth-order valence-corrected chi connectivity index (χ4v) is 1.01. The van der Waals surface area contributed by atoms with Gasteiger partial charge in [0.2, 0.25) is 0 Å². The van der Waals surface area contributed by atoms with Gasteiger partial charge in [0.1, 0.15) is 6.61 Å². The van der Waals surface area contributed by atoms with E-state index < -0.39 is 0 Å². The number of ether oxygens (including phenoxy) is 1. The molecule has 0 bridgehead atoms. The number of hydrogen-bond acceptors (Lipinski definition) is 3. The zero-order chi connectivity index (χ0) is 9.36. The molecule has 1 aliphatic heterocycles. The molecule has 13 heavy (non-hydrogen) atoms. The Balaban J connectivity index is 0.000000132. The standard InChI is InChI=1S/C6H6.C4H7NOS/c1-2-4-6-5-3-1;7-2-4-1-6-3-5-4/h1-6H;3-4,7H,1-2H2. The van der Waals surface area contributed by atoms with Crippen molar-refractivity contribution >= 4 is 19.0 Å². The van der Waals surface area contributed by atoms with Crippen molar-refractivity contribution in [2.24, 2.45) is 4.99 Å². The summed E-state index contributed by atoms with van der Waals surface area (Å²) < 4.78 is 4.81. The highest BCUT2D eigenvalue weighted by Crippen LogP contribution is 1.98. The minimum absolute atomic E-state index is 0.309. The Bertz CT molecular complexity index is 211. The summed E-state index contributed by atoms with van der Waals surface area (Å²) in [6.45, 7) is 0.712. The lowest BCUT2D eigenvalue weighted by Gasteiger charge is -1.94. The van der Waals surface area contributed by atoms with E-state index in [1.165, 1.54) is 6.40 Å². The minimum Gasteiger partial charge on any atom is -0.481 e. The fourth-order valence-electron chi connectivity index (χ4n) is 0.811. The van der Waals surface area contributed by atoms with Crippen molar-refractivity contribution in [1.29, 1.82) is 0 Å². The largest absolute Gasteiger partial charge is 0.481 e. The first-order valence-electron chi connectivity index (χ1n) is 4.17. The third-order valence-electron chi connectivity index (χ3n) is 1.51. The topological polar surface area (TPSA) is 21.6 Å². The molecular weight excluding hydrogens is 182 g/mol. The fraction of sp³-hybridized carbons (Fsp3) is 0.300. The van der Waals surface area contributed by atoms with Crippen molar-refractivity contribution in [1.82, 2.24) is 0 Å². The molecule has 1 aliphatic rings. The van der Waals surface area contributed by atoms with Crippen molar-refractivity contribution in [3.63, 3.8) is 0 Å². The molecular formula is C10H13NOS. The average molecular weight is 195 g/mol. The summed E-state index contributed by atoms with van der Waals surface area (Å²) in [7, 11) is 0. The van der Waals surface area contributed by atoms with E-state index in [0.717, 1.165) is 5.75 Å². The number of aliphatic imine (C=N–C) groups is 1. The van der Waals surface area contributed by atoms with E-state index in [0.29, 0.717) is 12.6 Å². The lowest BCUT2D eigenvalue weighted by Crippen LogP contribution is -2.06. The summed E-state index contributed by atoms with van der Waals surface area (Å²) in [6.07, 6.45) is 1.49. The second-order valence-electron chi connectivity index (χ2n) is 2.58. The predicted octanol–water partition coefficient (Wildman–Crippen LogP) is 2.03. The van der Waals surface area contributed by atoms with Crippen LogP contribution in [0.2, 0.25) is 0 Å². The van der Waals surface area contributed by atoms with Gasteiger partial charge in [-0.1, -0.05) is 36.4 Å². The Morgan fingerprint density at radius 2 is 1.69 bits per heavy atom. The Labute approximate surface area is 84.1 Å². The Morgan fingerprint density at radius 1 is 1.15 bits per heavy atom. The van der Waals surface area contributed by atoms with Crippen molar-refractivity contribution in [2.75, 3.05) is 12.4 Å². The summed E-state index contributed by atoms with van der Waals surface area (Å²) in [5, 5.41) is 0. The molecule has 0 aliphatic carbocycles. The van der Waals surface area contributed by atoms with Gasteiger partial charge in [-0.3, -0.25) is 4.99 Å². The van der Waals surface area contributed by atoms with Crippen LogP contribution in [0.25, 0.3) is 0 Å². The maximum atomic E-state index is 4.81. The molecule has 0 saturated carbocycles. The maximum Gasteiger partial charge on any atom is 0.169 e. The molecule has 2 rings (SSSR count). The van der Waals surface area contributed by atoms with Crippen LogP contribution in [0.4, 0.5) is 0 Å². The van der Waals surface area contributed by atoms with E-state index in [4.69, 9.17) is 4.74 Å². The molecule has 0 saturated heterocycles. The van der Waals surface area contributed by atoms with Crippen molar-refractivity contribution in [3.05, 3.63) is 36.4 Å². The molecule has 1 aromatic rings. The molecule has 2 nitrogen and oxygen atoms in total. The maximum absolute atomic E-state index is 4.81. The molecule has 1 heterocycles. The monoisotopic (exact) mass is 195 g/mol. The van der Waals surface area contributed by atoms with Crippen molar-refractivity contribution in [3.8, 4) is 0 Å². The van der Waals surface area contributed by atoms with Gasteiger partial charge in [-0.15, -0.1) is 0 Å². The van der Waals surface area contributed by atoms with E-state index in [-0.39, 0.29) is 0 Å². The van der Waals surface area contributed by atoms with E-state index in [1.807, 2.05) is 36.4 Å². The molecule has 0 radical (unpaired) electrons. The van der Waals surface area contributed by atoms with Crippen LogP contribution < -0.4 is 0 Å². The molecule has 70 valence electrons. The minimum atomic E-state index is 0.309. The van der Waals surface area contributed by atoms with Crippen LogP contribution in [-0.2, 0) is 4.74 Å². The Morgan fingerprint density at radius 3 is 1.92 bits per heavy atom. The number of hydrogen-bond donors (Lipinski definition) is 1. The van der Waals surface area contributed by atoms with Crippen LogP contribution >= 0.6 is 12.6 Å². The quantitative estimate of drug-likeness (QED) is 0.680. The first kappa shape index (κ1) is 10.1. The van der Waals surface area contributed by atoms with Crippen molar-refractivity contribution < 1.29 is 4.74 Å². The first-order chi connectivity index (χ1) is 6.43. The van der Waals surface area contributed by atoms with Crippen LogP contribution in [0.15, 0.2) is 41.4 Å². The number of rotatable bonds is 1. The van der Waals surface area contributed by atoms with Crippen LogP contribution in [-0.4, -0.2) is 24.8 Å². The zero-order valence-corrected chi connectivity index (χ0v) is 8.23. The number of thiol groups is 1. The Kier molecular flexibility index (Phi) is 5.10. The van der Waals surface area contributed by atoms with Crippen LogP contribution in [0.1, 0.15) is 0 Å². The predicted molar refractivity (Wildman–Crippen MR) is 58.5 cm³/mol. The molecule has 0 N–H and O–H groups in total. The van der Waals surface area contributed by atoms with Gasteiger partial charge in [0, 0.05) is 5.75 Å². The smallest absolute Gasteiger partial charge is 0.169 e. The highest BCUT2D eigenvalue weighted by molar-refractivity contribution is 7.80. The summed E-state index contributed by atoms with van der Waals surface area (Å²) in [4.78, 5) is 3.93. The second-order valence-corrected chi connectivity index (χ2v) is 2.94. The molecule has 1 aromatic carbocycles. The normalized spacial score (nSPS) is 18.7. The molecule has 0 spiro atoms. The van der Waals surface area contributed by atoms with Gasteiger partial charge in [-0.2, -0.15) is 12.6 Å². The highest BCUT2D eigenvalue weighted by Gasteiger charge is 2.06. The Hall–Kier alpha value is -0.960. The summed E-state index contributed by atoms with van der Waals surface area (Å²) >= 11 is 4.02. The van der Waals surface area contributed by atoms with E-state index in [9.17, 15) is 0 Å². The molecule has 0 fully saturated rings. The lowest BCUT2D eigenvalue weighted by molar-refractivity contribution is 0.336. The van der Waals surface area contributed by atoms with E-state index in [1.54, 1.807) is 0 Å². The zero-order valence-electron chi connectivity index (χ0n) is 7.34. The van der Waals surface area contributed by atoms with Crippen LogP contribution in [0, 0.1) is 0 Å². The third-order valence-corrected chi connectivity index (χ3v) is 1.93. The number of nitrogens with zero attached hydrogens (tertiary/aromatic N) is 1. The highest BCUT2D eigenvalue weighted by atomic mass is 32.1. The first-order valence-corrected chi connectivity index (χ1v) is 4.81. The van der Waals surface area contributed by atoms with Crippen molar-refractivity contribution in [2.45, 2.75) is 6.04 Å². The van der Waals surface area contributed by atoms with Crippen LogP contribution in [0.3, 0.4) is 0 Å². The molecule has 3 heteroatoms. The van der Waals surface area contributed by atoms with Gasteiger partial charge in [0.05, 0.1) is 6.04 Å². The van der Waals surface area contributed by atoms with E-state index in [2.05, 4.69) is 17.6 Å². The van der Waals surface area contributed by atoms with Crippen LogP contribution in [0.5, 0.6) is 0 Å². The number of benzene rings is 1. The van der Waals surface area contributed by atoms with E-state index >= 15 is 0 Å².